The largest absolute Gasteiger partial charge is 0.370 e. The first kappa shape index (κ1) is 18.4. The van der Waals surface area contributed by atoms with Gasteiger partial charge in [0.05, 0.1) is 19.3 Å². The molecule has 0 spiro atoms. The topological polar surface area (TPSA) is 54.7 Å². The van der Waals surface area contributed by atoms with E-state index in [4.69, 9.17) is 9.73 Å². The maximum atomic E-state index is 13.8. The third-order valence-corrected chi connectivity index (χ3v) is 4.40. The van der Waals surface area contributed by atoms with Gasteiger partial charge in [0, 0.05) is 38.4 Å². The average Bonchev–Trinajstić information content (AvgIpc) is 3.09. The zero-order valence-electron chi connectivity index (χ0n) is 15.4. The molecule has 7 heteroatoms. The monoisotopic (exact) mass is 359 g/mol. The van der Waals surface area contributed by atoms with Crippen LogP contribution in [0.25, 0.3) is 0 Å². The van der Waals surface area contributed by atoms with Gasteiger partial charge in [-0.2, -0.15) is 5.10 Å². The van der Waals surface area contributed by atoms with Gasteiger partial charge in [-0.25, -0.2) is 4.39 Å². The lowest BCUT2D eigenvalue weighted by Crippen LogP contribution is -2.48. The maximum Gasteiger partial charge on any atom is 0.194 e. The molecule has 1 saturated heterocycles. The van der Waals surface area contributed by atoms with Crippen molar-refractivity contribution in [1.29, 1.82) is 0 Å². The number of halogens is 1. The van der Waals surface area contributed by atoms with Crippen LogP contribution in [0.5, 0.6) is 0 Å². The number of aliphatic imine (C=N–C) groups is 1. The molecule has 26 heavy (non-hydrogen) atoms. The van der Waals surface area contributed by atoms with E-state index < -0.39 is 0 Å². The summed E-state index contributed by atoms with van der Waals surface area (Å²) in [5, 5.41) is 7.56. The van der Waals surface area contributed by atoms with Gasteiger partial charge in [0.2, 0.25) is 0 Å². The molecule has 0 bridgehead atoms. The smallest absolute Gasteiger partial charge is 0.194 e. The number of hydrogen-bond donors (Lipinski definition) is 1. The van der Waals surface area contributed by atoms with Gasteiger partial charge in [-0.15, -0.1) is 0 Å². The van der Waals surface area contributed by atoms with E-state index in [0.29, 0.717) is 25.1 Å². The third kappa shape index (κ3) is 4.60. The van der Waals surface area contributed by atoms with Crippen LogP contribution in [-0.2, 0) is 18.2 Å². The Bertz CT molecular complexity index is 745. The molecule has 2 heterocycles. The molecule has 6 nitrogen and oxygen atoms in total. The number of hydrogen-bond acceptors (Lipinski definition) is 3. The first-order chi connectivity index (χ1) is 12.7. The molecule has 1 fully saturated rings. The van der Waals surface area contributed by atoms with Gasteiger partial charge in [-0.3, -0.25) is 9.67 Å². The van der Waals surface area contributed by atoms with Gasteiger partial charge in [0.1, 0.15) is 11.9 Å². The Morgan fingerprint density at radius 2 is 2.27 bits per heavy atom. The lowest BCUT2D eigenvalue weighted by Gasteiger charge is -2.34. The second kappa shape index (κ2) is 8.80. The van der Waals surface area contributed by atoms with E-state index in [-0.39, 0.29) is 11.9 Å². The summed E-state index contributed by atoms with van der Waals surface area (Å²) in [5.74, 6) is 0.678. The zero-order valence-corrected chi connectivity index (χ0v) is 15.4. The van der Waals surface area contributed by atoms with E-state index in [9.17, 15) is 4.39 Å². The second-order valence-corrected chi connectivity index (χ2v) is 6.33. The van der Waals surface area contributed by atoms with Crippen molar-refractivity contribution in [1.82, 2.24) is 20.0 Å². The summed E-state index contributed by atoms with van der Waals surface area (Å²) in [6.07, 6.45) is 4.39. The molecule has 1 unspecified atom stereocenters. The fourth-order valence-electron chi connectivity index (χ4n) is 3.06. The highest BCUT2D eigenvalue weighted by atomic mass is 19.1. The van der Waals surface area contributed by atoms with Crippen molar-refractivity contribution in [2.45, 2.75) is 19.4 Å². The highest BCUT2D eigenvalue weighted by molar-refractivity contribution is 5.80. The summed E-state index contributed by atoms with van der Waals surface area (Å²) in [7, 11) is 1.90. The highest BCUT2D eigenvalue weighted by Crippen LogP contribution is 2.21. The summed E-state index contributed by atoms with van der Waals surface area (Å²) in [6, 6.07) is 6.86. The standard InChI is InChI=1S/C19H26FN5O/c1-3-21-19(22-9-8-15-6-4-5-7-17(15)20)25-10-11-26-18(14-25)16-12-23-24(2)13-16/h4-7,12-13,18H,3,8-11,14H2,1-2H3,(H,21,22). The number of aryl methyl sites for hydroxylation is 1. The van der Waals surface area contributed by atoms with E-state index in [2.05, 4.69) is 15.3 Å². The summed E-state index contributed by atoms with van der Waals surface area (Å²) in [6.45, 7) is 5.51. The second-order valence-electron chi connectivity index (χ2n) is 6.33. The number of morpholine rings is 1. The fourth-order valence-corrected chi connectivity index (χ4v) is 3.06. The molecule has 2 aromatic rings. The number of aromatic nitrogens is 2. The molecule has 0 radical (unpaired) electrons. The minimum absolute atomic E-state index is 0.0205. The summed E-state index contributed by atoms with van der Waals surface area (Å²) in [4.78, 5) is 6.90. The molecule has 0 amide bonds. The van der Waals surface area contributed by atoms with Crippen LogP contribution in [-0.4, -0.2) is 53.4 Å². The summed E-state index contributed by atoms with van der Waals surface area (Å²) in [5.41, 5.74) is 1.77. The number of nitrogens with one attached hydrogen (secondary N) is 1. The van der Waals surface area contributed by atoms with E-state index in [0.717, 1.165) is 31.2 Å². The zero-order chi connectivity index (χ0) is 18.4. The van der Waals surface area contributed by atoms with E-state index in [1.54, 1.807) is 10.7 Å². The maximum absolute atomic E-state index is 13.8. The van der Waals surface area contributed by atoms with Gasteiger partial charge in [-0.05, 0) is 25.0 Å². The Labute approximate surface area is 153 Å². The van der Waals surface area contributed by atoms with Gasteiger partial charge >= 0.3 is 0 Å². The van der Waals surface area contributed by atoms with Crippen LogP contribution in [0.2, 0.25) is 0 Å². The van der Waals surface area contributed by atoms with Crippen LogP contribution in [0.3, 0.4) is 0 Å². The first-order valence-electron chi connectivity index (χ1n) is 9.04. The Morgan fingerprint density at radius 3 is 3.00 bits per heavy atom. The number of guanidine groups is 1. The highest BCUT2D eigenvalue weighted by Gasteiger charge is 2.25. The van der Waals surface area contributed by atoms with E-state index >= 15 is 0 Å². The number of benzene rings is 1. The molecule has 3 rings (SSSR count). The van der Waals surface area contributed by atoms with Crippen LogP contribution in [0.1, 0.15) is 24.2 Å². The predicted molar refractivity (Wildman–Crippen MR) is 99.6 cm³/mol. The molecule has 1 aliphatic heterocycles. The van der Waals surface area contributed by atoms with Crippen LogP contribution in [0.15, 0.2) is 41.7 Å². The molecule has 1 aliphatic rings. The van der Waals surface area contributed by atoms with Crippen molar-refractivity contribution < 1.29 is 9.13 Å². The molecule has 1 N–H and O–H groups in total. The number of nitrogens with zero attached hydrogens (tertiary/aromatic N) is 4. The lowest BCUT2D eigenvalue weighted by atomic mass is 10.1. The molecular weight excluding hydrogens is 333 g/mol. The van der Waals surface area contributed by atoms with Gasteiger partial charge < -0.3 is 15.0 Å². The fraction of sp³-hybridized carbons (Fsp3) is 0.474. The SMILES string of the molecule is CCNC(=NCCc1ccccc1F)N1CCOC(c2cnn(C)c2)C1. The normalized spacial score (nSPS) is 18.2. The number of rotatable bonds is 5. The van der Waals surface area contributed by atoms with Crippen molar-refractivity contribution in [3.05, 3.63) is 53.6 Å². The Morgan fingerprint density at radius 1 is 1.42 bits per heavy atom. The number of ether oxygens (including phenoxy) is 1. The molecule has 1 aromatic carbocycles. The van der Waals surface area contributed by atoms with Crippen molar-refractivity contribution >= 4 is 5.96 Å². The molecule has 1 atom stereocenters. The first-order valence-corrected chi connectivity index (χ1v) is 9.04. The van der Waals surface area contributed by atoms with Crippen LogP contribution in [0.4, 0.5) is 4.39 Å². The average molecular weight is 359 g/mol. The predicted octanol–water partition coefficient (Wildman–Crippen LogP) is 2.14. The van der Waals surface area contributed by atoms with E-state index in [1.165, 1.54) is 6.07 Å². The molecule has 0 aliphatic carbocycles. The quantitative estimate of drug-likeness (QED) is 0.656. The van der Waals surface area contributed by atoms with Gasteiger partial charge in [-0.1, -0.05) is 18.2 Å². The molecule has 0 saturated carbocycles. The molecular formula is C19H26FN5O. The van der Waals surface area contributed by atoms with Crippen molar-refractivity contribution in [2.24, 2.45) is 12.0 Å². The van der Waals surface area contributed by atoms with Crippen LogP contribution < -0.4 is 5.32 Å². The van der Waals surface area contributed by atoms with E-state index in [1.807, 2.05) is 38.5 Å². The Balaban J connectivity index is 1.65. The van der Waals surface area contributed by atoms with Crippen molar-refractivity contribution in [3.63, 3.8) is 0 Å². The molecule has 1 aromatic heterocycles. The Kier molecular flexibility index (Phi) is 6.22. The summed E-state index contributed by atoms with van der Waals surface area (Å²) < 4.78 is 21.4. The summed E-state index contributed by atoms with van der Waals surface area (Å²) >= 11 is 0. The van der Waals surface area contributed by atoms with Crippen molar-refractivity contribution in [2.75, 3.05) is 32.8 Å². The van der Waals surface area contributed by atoms with Gasteiger partial charge in [0.25, 0.3) is 0 Å². The third-order valence-electron chi connectivity index (χ3n) is 4.40. The lowest BCUT2D eigenvalue weighted by molar-refractivity contribution is -0.00803. The molecule has 140 valence electrons. The van der Waals surface area contributed by atoms with Crippen LogP contribution >= 0.6 is 0 Å². The van der Waals surface area contributed by atoms with Crippen LogP contribution in [0, 0.1) is 5.82 Å². The minimum atomic E-state index is -0.171. The minimum Gasteiger partial charge on any atom is -0.370 e. The Hall–Kier alpha value is -2.41. The van der Waals surface area contributed by atoms with Crippen molar-refractivity contribution in [3.8, 4) is 0 Å². The van der Waals surface area contributed by atoms with Gasteiger partial charge in [0.15, 0.2) is 5.96 Å².